The topological polar surface area (TPSA) is 59.8 Å². The van der Waals surface area contributed by atoms with Crippen molar-refractivity contribution in [3.05, 3.63) is 65.9 Å². The molecule has 1 unspecified atom stereocenters. The number of para-hydroxylation sites is 1. The number of methoxy groups -OCH3 is 1. The standard InChI is InChI=1S/C25H33N3O3/c1-18(2)15-27(16-19(3)29)17-24-20(4)26-28(21-10-7-6-8-11-21)25(24)31-23-13-9-12-22(14-23)30-5/h6-14,18-19,29H,15-17H2,1-5H3. The van der Waals surface area contributed by atoms with Gasteiger partial charge in [-0.3, -0.25) is 4.90 Å². The van der Waals surface area contributed by atoms with Crippen molar-refractivity contribution in [3.8, 4) is 23.1 Å². The predicted molar refractivity (Wildman–Crippen MR) is 123 cm³/mol. The molecule has 6 nitrogen and oxygen atoms in total. The fourth-order valence-electron chi connectivity index (χ4n) is 3.66. The summed E-state index contributed by atoms with van der Waals surface area (Å²) in [6.07, 6.45) is -0.411. The molecule has 0 saturated heterocycles. The van der Waals surface area contributed by atoms with Gasteiger partial charge < -0.3 is 14.6 Å². The van der Waals surface area contributed by atoms with Gasteiger partial charge in [0.1, 0.15) is 11.5 Å². The largest absolute Gasteiger partial charge is 0.497 e. The van der Waals surface area contributed by atoms with Crippen LogP contribution in [0.3, 0.4) is 0 Å². The van der Waals surface area contributed by atoms with Crippen molar-refractivity contribution in [2.75, 3.05) is 20.2 Å². The van der Waals surface area contributed by atoms with Crippen LogP contribution in [0.1, 0.15) is 32.0 Å². The average molecular weight is 424 g/mol. The normalized spacial score (nSPS) is 12.4. The van der Waals surface area contributed by atoms with Crippen molar-refractivity contribution in [1.82, 2.24) is 14.7 Å². The zero-order valence-corrected chi connectivity index (χ0v) is 19.1. The first-order valence-electron chi connectivity index (χ1n) is 10.7. The molecule has 0 fully saturated rings. The highest BCUT2D eigenvalue weighted by atomic mass is 16.5. The van der Waals surface area contributed by atoms with E-state index in [0.29, 0.717) is 30.6 Å². The highest BCUT2D eigenvalue weighted by molar-refractivity contribution is 5.44. The first kappa shape index (κ1) is 22.8. The van der Waals surface area contributed by atoms with Gasteiger partial charge in [0, 0.05) is 25.7 Å². The van der Waals surface area contributed by atoms with E-state index >= 15 is 0 Å². The SMILES string of the molecule is COc1cccc(Oc2c(CN(CC(C)C)CC(C)O)c(C)nn2-c2ccccc2)c1. The molecule has 31 heavy (non-hydrogen) atoms. The van der Waals surface area contributed by atoms with Gasteiger partial charge in [-0.25, -0.2) is 4.68 Å². The molecule has 0 aliphatic carbocycles. The molecule has 0 aliphatic rings. The van der Waals surface area contributed by atoms with E-state index in [-0.39, 0.29) is 0 Å². The van der Waals surface area contributed by atoms with Gasteiger partial charge in [0.15, 0.2) is 0 Å². The quantitative estimate of drug-likeness (QED) is 0.507. The number of nitrogens with zero attached hydrogens (tertiary/aromatic N) is 3. The molecule has 1 N–H and O–H groups in total. The Bertz CT molecular complexity index is 957. The lowest BCUT2D eigenvalue weighted by Gasteiger charge is -2.26. The summed E-state index contributed by atoms with van der Waals surface area (Å²) in [6, 6.07) is 17.5. The monoisotopic (exact) mass is 423 g/mol. The lowest BCUT2D eigenvalue weighted by Crippen LogP contribution is -2.33. The van der Waals surface area contributed by atoms with Crippen LogP contribution in [-0.2, 0) is 6.54 Å². The number of aryl methyl sites for hydroxylation is 1. The van der Waals surface area contributed by atoms with Crippen LogP contribution in [-0.4, -0.2) is 46.1 Å². The van der Waals surface area contributed by atoms with E-state index in [0.717, 1.165) is 29.2 Å². The van der Waals surface area contributed by atoms with Gasteiger partial charge in [0.2, 0.25) is 5.88 Å². The van der Waals surface area contributed by atoms with Crippen LogP contribution in [0.2, 0.25) is 0 Å². The summed E-state index contributed by atoms with van der Waals surface area (Å²) in [4.78, 5) is 2.26. The molecule has 3 rings (SSSR count). The summed E-state index contributed by atoms with van der Waals surface area (Å²) < 4.78 is 13.6. The first-order valence-corrected chi connectivity index (χ1v) is 10.7. The molecular formula is C25H33N3O3. The van der Waals surface area contributed by atoms with Crippen molar-refractivity contribution in [3.63, 3.8) is 0 Å². The fourth-order valence-corrected chi connectivity index (χ4v) is 3.66. The molecule has 1 aromatic heterocycles. The van der Waals surface area contributed by atoms with E-state index in [2.05, 4.69) is 18.7 Å². The van der Waals surface area contributed by atoms with Crippen molar-refractivity contribution in [2.24, 2.45) is 5.92 Å². The van der Waals surface area contributed by atoms with Crippen LogP contribution in [0.5, 0.6) is 17.4 Å². The molecule has 6 heteroatoms. The van der Waals surface area contributed by atoms with Crippen LogP contribution < -0.4 is 9.47 Å². The second-order valence-corrected chi connectivity index (χ2v) is 8.33. The second-order valence-electron chi connectivity index (χ2n) is 8.33. The highest BCUT2D eigenvalue weighted by Crippen LogP contribution is 2.33. The van der Waals surface area contributed by atoms with Gasteiger partial charge in [-0.2, -0.15) is 5.10 Å². The third-order valence-electron chi connectivity index (χ3n) is 4.92. The maximum absolute atomic E-state index is 10.0. The Balaban J connectivity index is 2.03. The number of aliphatic hydroxyl groups excluding tert-OH is 1. The fraction of sp³-hybridized carbons (Fsp3) is 0.400. The van der Waals surface area contributed by atoms with Crippen LogP contribution in [0, 0.1) is 12.8 Å². The zero-order chi connectivity index (χ0) is 22.4. The summed E-state index contributed by atoms with van der Waals surface area (Å²) in [5, 5.41) is 14.8. The molecule has 1 atom stereocenters. The maximum Gasteiger partial charge on any atom is 0.227 e. The summed E-state index contributed by atoms with van der Waals surface area (Å²) in [6.45, 7) is 10.3. The number of aliphatic hydroxyl groups is 1. The zero-order valence-electron chi connectivity index (χ0n) is 19.1. The molecule has 3 aromatic rings. The number of hydrogen-bond donors (Lipinski definition) is 1. The van der Waals surface area contributed by atoms with Gasteiger partial charge in [0.05, 0.1) is 30.2 Å². The first-order chi connectivity index (χ1) is 14.9. The molecule has 0 aliphatic heterocycles. The van der Waals surface area contributed by atoms with E-state index < -0.39 is 6.10 Å². The van der Waals surface area contributed by atoms with E-state index in [1.165, 1.54) is 0 Å². The Labute approximate surface area is 185 Å². The predicted octanol–water partition coefficient (Wildman–Crippen LogP) is 4.82. The van der Waals surface area contributed by atoms with E-state index in [4.69, 9.17) is 14.6 Å². The molecule has 0 radical (unpaired) electrons. The van der Waals surface area contributed by atoms with Crippen LogP contribution in [0.25, 0.3) is 5.69 Å². The summed E-state index contributed by atoms with van der Waals surface area (Å²) >= 11 is 0. The average Bonchev–Trinajstić information content (AvgIpc) is 3.03. The van der Waals surface area contributed by atoms with E-state index in [9.17, 15) is 5.11 Å². The third kappa shape index (κ3) is 6.09. The van der Waals surface area contributed by atoms with Gasteiger partial charge >= 0.3 is 0 Å². The Morgan fingerprint density at radius 1 is 1.00 bits per heavy atom. The molecular weight excluding hydrogens is 390 g/mol. The lowest BCUT2D eigenvalue weighted by molar-refractivity contribution is 0.114. The van der Waals surface area contributed by atoms with Crippen LogP contribution in [0.15, 0.2) is 54.6 Å². The summed E-state index contributed by atoms with van der Waals surface area (Å²) in [7, 11) is 1.64. The second kappa shape index (κ2) is 10.5. The van der Waals surface area contributed by atoms with E-state index in [1.807, 2.05) is 73.1 Å². The number of ether oxygens (including phenoxy) is 2. The van der Waals surface area contributed by atoms with Gasteiger partial charge in [-0.1, -0.05) is 38.1 Å². The van der Waals surface area contributed by atoms with Crippen LogP contribution >= 0.6 is 0 Å². The van der Waals surface area contributed by atoms with Crippen LogP contribution in [0.4, 0.5) is 0 Å². The molecule has 2 aromatic carbocycles. The number of aromatic nitrogens is 2. The Hall–Kier alpha value is -2.83. The molecule has 0 spiro atoms. The van der Waals surface area contributed by atoms with E-state index in [1.54, 1.807) is 7.11 Å². The van der Waals surface area contributed by atoms with Gasteiger partial charge in [-0.05, 0) is 44.0 Å². The highest BCUT2D eigenvalue weighted by Gasteiger charge is 2.22. The lowest BCUT2D eigenvalue weighted by atomic mass is 10.1. The minimum Gasteiger partial charge on any atom is -0.497 e. The Kier molecular flexibility index (Phi) is 7.71. The minimum absolute atomic E-state index is 0.411. The summed E-state index contributed by atoms with van der Waals surface area (Å²) in [5.74, 6) is 2.57. The van der Waals surface area contributed by atoms with Crippen molar-refractivity contribution in [1.29, 1.82) is 0 Å². The van der Waals surface area contributed by atoms with Crippen molar-refractivity contribution in [2.45, 2.75) is 40.3 Å². The number of rotatable bonds is 10. The Morgan fingerprint density at radius 2 is 1.71 bits per heavy atom. The Morgan fingerprint density at radius 3 is 2.35 bits per heavy atom. The molecule has 0 bridgehead atoms. The van der Waals surface area contributed by atoms with Gasteiger partial charge in [0.25, 0.3) is 0 Å². The maximum atomic E-state index is 10.0. The molecule has 166 valence electrons. The number of hydrogen-bond acceptors (Lipinski definition) is 5. The molecule has 0 amide bonds. The third-order valence-corrected chi connectivity index (χ3v) is 4.92. The van der Waals surface area contributed by atoms with Gasteiger partial charge in [-0.15, -0.1) is 0 Å². The van der Waals surface area contributed by atoms with Crippen molar-refractivity contribution >= 4 is 0 Å². The van der Waals surface area contributed by atoms with Crippen molar-refractivity contribution < 1.29 is 14.6 Å². The minimum atomic E-state index is -0.411. The summed E-state index contributed by atoms with van der Waals surface area (Å²) in [5.41, 5.74) is 2.84. The smallest absolute Gasteiger partial charge is 0.227 e. The molecule has 0 saturated carbocycles. The number of benzene rings is 2. The molecule has 1 heterocycles.